The molecule has 0 unspecified atom stereocenters. The molecule has 1 N–H and O–H groups in total. The molecule has 0 bridgehead atoms. The smallest absolute Gasteiger partial charge is 0.222 e. The first-order valence-electron chi connectivity index (χ1n) is 6.74. The standard InChI is InChI=1S/C13H24N2O.ClH/c1-15(12-4-2-3-5-12)13(16)10-11-6-8-14-9-7-11;/h11-12,14H,2-10H2,1H3;1H. The van der Waals surface area contributed by atoms with Crippen LogP contribution in [-0.4, -0.2) is 37.0 Å². The maximum absolute atomic E-state index is 12.1. The van der Waals surface area contributed by atoms with Gasteiger partial charge in [-0.15, -0.1) is 12.4 Å². The average molecular weight is 261 g/mol. The van der Waals surface area contributed by atoms with E-state index in [2.05, 4.69) is 5.32 Å². The van der Waals surface area contributed by atoms with Crippen LogP contribution in [0.4, 0.5) is 0 Å². The van der Waals surface area contributed by atoms with Gasteiger partial charge in [0.05, 0.1) is 0 Å². The lowest BCUT2D eigenvalue weighted by molar-refractivity contribution is -0.133. The molecule has 4 heteroatoms. The highest BCUT2D eigenvalue weighted by molar-refractivity contribution is 5.85. The van der Waals surface area contributed by atoms with Crippen molar-refractivity contribution in [3.8, 4) is 0 Å². The Labute approximate surface area is 111 Å². The molecule has 100 valence electrons. The zero-order chi connectivity index (χ0) is 11.4. The van der Waals surface area contributed by atoms with Gasteiger partial charge >= 0.3 is 0 Å². The van der Waals surface area contributed by atoms with Gasteiger partial charge in [0.15, 0.2) is 0 Å². The molecule has 0 aromatic carbocycles. The van der Waals surface area contributed by atoms with Crippen molar-refractivity contribution in [3.63, 3.8) is 0 Å². The lowest BCUT2D eigenvalue weighted by Crippen LogP contribution is -2.37. The Hall–Kier alpha value is -0.280. The Morgan fingerprint density at radius 2 is 1.76 bits per heavy atom. The normalized spacial score (nSPS) is 22.2. The molecule has 0 aromatic rings. The lowest BCUT2D eigenvalue weighted by Gasteiger charge is -2.28. The number of carbonyl (C=O) groups excluding carboxylic acids is 1. The van der Waals surface area contributed by atoms with Gasteiger partial charge in [0, 0.05) is 19.5 Å². The zero-order valence-electron chi connectivity index (χ0n) is 10.8. The van der Waals surface area contributed by atoms with Crippen LogP contribution in [0.3, 0.4) is 0 Å². The Bertz CT molecular complexity index is 236. The van der Waals surface area contributed by atoms with Gasteiger partial charge in [-0.2, -0.15) is 0 Å². The SMILES string of the molecule is CN(C(=O)CC1CCNCC1)C1CCCC1.Cl. The first kappa shape index (κ1) is 14.8. The molecule has 0 spiro atoms. The van der Waals surface area contributed by atoms with Crippen molar-refractivity contribution >= 4 is 18.3 Å². The summed E-state index contributed by atoms with van der Waals surface area (Å²) in [6, 6.07) is 0.536. The first-order chi connectivity index (χ1) is 7.77. The lowest BCUT2D eigenvalue weighted by atomic mass is 9.94. The molecule has 2 rings (SSSR count). The van der Waals surface area contributed by atoms with E-state index in [0.29, 0.717) is 17.9 Å². The fraction of sp³-hybridized carbons (Fsp3) is 0.923. The highest BCUT2D eigenvalue weighted by Gasteiger charge is 2.25. The molecule has 2 aliphatic rings. The van der Waals surface area contributed by atoms with Crippen LogP contribution in [0.15, 0.2) is 0 Å². The van der Waals surface area contributed by atoms with Crippen LogP contribution in [0, 0.1) is 5.92 Å². The molecular formula is C13H25ClN2O. The topological polar surface area (TPSA) is 32.3 Å². The van der Waals surface area contributed by atoms with E-state index in [1.165, 1.54) is 38.5 Å². The Morgan fingerprint density at radius 3 is 2.35 bits per heavy atom. The van der Waals surface area contributed by atoms with E-state index in [9.17, 15) is 4.79 Å². The molecular weight excluding hydrogens is 236 g/mol. The maximum Gasteiger partial charge on any atom is 0.222 e. The van der Waals surface area contributed by atoms with E-state index in [1.54, 1.807) is 0 Å². The molecule has 17 heavy (non-hydrogen) atoms. The average Bonchev–Trinajstić information content (AvgIpc) is 2.83. The molecule has 0 radical (unpaired) electrons. The quantitative estimate of drug-likeness (QED) is 0.844. The van der Waals surface area contributed by atoms with Crippen LogP contribution in [-0.2, 0) is 4.79 Å². The Balaban J connectivity index is 0.00000144. The van der Waals surface area contributed by atoms with Crippen LogP contribution < -0.4 is 5.32 Å². The van der Waals surface area contributed by atoms with Crippen LogP contribution in [0.5, 0.6) is 0 Å². The third-order valence-electron chi connectivity index (χ3n) is 4.19. The van der Waals surface area contributed by atoms with Gasteiger partial charge in [0.2, 0.25) is 5.91 Å². The van der Waals surface area contributed by atoms with Crippen molar-refractivity contribution < 1.29 is 4.79 Å². The minimum absolute atomic E-state index is 0. The number of hydrogen-bond acceptors (Lipinski definition) is 2. The van der Waals surface area contributed by atoms with Gasteiger partial charge in [-0.3, -0.25) is 4.79 Å². The highest BCUT2D eigenvalue weighted by Crippen LogP contribution is 2.24. The summed E-state index contributed by atoms with van der Waals surface area (Å²) in [6.45, 7) is 2.18. The second kappa shape index (κ2) is 7.22. The van der Waals surface area contributed by atoms with Crippen molar-refractivity contribution in [3.05, 3.63) is 0 Å². The van der Waals surface area contributed by atoms with Crippen molar-refractivity contribution in [1.82, 2.24) is 10.2 Å². The largest absolute Gasteiger partial charge is 0.343 e. The molecule has 2 fully saturated rings. The number of amides is 1. The van der Waals surface area contributed by atoms with Crippen molar-refractivity contribution in [2.45, 2.75) is 51.0 Å². The zero-order valence-corrected chi connectivity index (χ0v) is 11.6. The molecule has 1 saturated carbocycles. The summed E-state index contributed by atoms with van der Waals surface area (Å²) in [5, 5.41) is 3.35. The molecule has 1 amide bonds. The second-order valence-corrected chi connectivity index (χ2v) is 5.34. The summed E-state index contributed by atoms with van der Waals surface area (Å²) in [5.74, 6) is 0.997. The maximum atomic E-state index is 12.1. The van der Waals surface area contributed by atoms with Gasteiger partial charge in [0.25, 0.3) is 0 Å². The number of piperidine rings is 1. The van der Waals surface area contributed by atoms with Crippen molar-refractivity contribution in [2.24, 2.45) is 5.92 Å². The van der Waals surface area contributed by atoms with Crippen LogP contribution >= 0.6 is 12.4 Å². The first-order valence-corrected chi connectivity index (χ1v) is 6.74. The monoisotopic (exact) mass is 260 g/mol. The van der Waals surface area contributed by atoms with E-state index in [-0.39, 0.29) is 12.4 Å². The summed E-state index contributed by atoms with van der Waals surface area (Å²) in [7, 11) is 2.00. The van der Waals surface area contributed by atoms with Crippen molar-refractivity contribution in [2.75, 3.05) is 20.1 Å². The summed E-state index contributed by atoms with van der Waals surface area (Å²) in [6.07, 6.45) is 8.15. The van der Waals surface area contributed by atoms with Gasteiger partial charge in [-0.1, -0.05) is 12.8 Å². The van der Waals surface area contributed by atoms with Gasteiger partial charge < -0.3 is 10.2 Å². The summed E-state index contributed by atoms with van der Waals surface area (Å²) in [5.41, 5.74) is 0. The number of carbonyl (C=O) groups is 1. The minimum atomic E-state index is 0. The molecule has 0 atom stereocenters. The van der Waals surface area contributed by atoms with Crippen LogP contribution in [0.25, 0.3) is 0 Å². The van der Waals surface area contributed by atoms with E-state index < -0.39 is 0 Å². The predicted molar refractivity (Wildman–Crippen MR) is 72.5 cm³/mol. The second-order valence-electron chi connectivity index (χ2n) is 5.34. The number of nitrogens with one attached hydrogen (secondary N) is 1. The van der Waals surface area contributed by atoms with E-state index in [1.807, 2.05) is 11.9 Å². The molecule has 1 heterocycles. The number of hydrogen-bond donors (Lipinski definition) is 1. The molecule has 3 nitrogen and oxygen atoms in total. The predicted octanol–water partition coefficient (Wildman–Crippen LogP) is 2.20. The summed E-state index contributed by atoms with van der Waals surface area (Å²) in [4.78, 5) is 14.1. The van der Waals surface area contributed by atoms with E-state index in [0.717, 1.165) is 19.5 Å². The Kier molecular flexibility index (Phi) is 6.28. The fourth-order valence-electron chi connectivity index (χ4n) is 2.97. The number of nitrogens with zero attached hydrogens (tertiary/aromatic N) is 1. The number of halogens is 1. The highest BCUT2D eigenvalue weighted by atomic mass is 35.5. The summed E-state index contributed by atoms with van der Waals surface area (Å²) < 4.78 is 0. The van der Waals surface area contributed by atoms with Crippen LogP contribution in [0.1, 0.15) is 44.9 Å². The van der Waals surface area contributed by atoms with E-state index >= 15 is 0 Å². The Morgan fingerprint density at radius 1 is 1.18 bits per heavy atom. The van der Waals surface area contributed by atoms with E-state index in [4.69, 9.17) is 0 Å². The number of rotatable bonds is 3. The van der Waals surface area contributed by atoms with Gasteiger partial charge in [-0.25, -0.2) is 0 Å². The third kappa shape index (κ3) is 4.14. The molecule has 0 aromatic heterocycles. The summed E-state index contributed by atoms with van der Waals surface area (Å²) >= 11 is 0. The van der Waals surface area contributed by atoms with Crippen LogP contribution in [0.2, 0.25) is 0 Å². The van der Waals surface area contributed by atoms with Gasteiger partial charge in [-0.05, 0) is 44.7 Å². The fourth-order valence-corrected chi connectivity index (χ4v) is 2.97. The molecule has 1 saturated heterocycles. The molecule has 1 aliphatic carbocycles. The third-order valence-corrected chi connectivity index (χ3v) is 4.19. The van der Waals surface area contributed by atoms with Crippen molar-refractivity contribution in [1.29, 1.82) is 0 Å². The minimum Gasteiger partial charge on any atom is -0.343 e. The molecule has 1 aliphatic heterocycles. The van der Waals surface area contributed by atoms with Gasteiger partial charge in [0.1, 0.15) is 0 Å².